The standard InChI is InChI=1S/C17H12BrN3O5/c18-12-3-1-10(2-4-12)9-20-16(23)14(19-17(20)24)8-11-7-13(21(25)26)5-6-15(11)22/h1-8,22H,9H2,(H,19,24)/b14-8+. The van der Waals surface area contributed by atoms with Gasteiger partial charge in [0, 0.05) is 22.2 Å². The number of hydrogen-bond donors (Lipinski definition) is 2. The molecule has 2 aromatic rings. The average Bonchev–Trinajstić information content (AvgIpc) is 2.86. The van der Waals surface area contributed by atoms with Gasteiger partial charge in [-0.2, -0.15) is 0 Å². The summed E-state index contributed by atoms with van der Waals surface area (Å²) in [6, 6.07) is 9.97. The highest BCUT2D eigenvalue weighted by Crippen LogP contribution is 2.26. The summed E-state index contributed by atoms with van der Waals surface area (Å²) in [6.07, 6.45) is 1.21. The van der Waals surface area contributed by atoms with E-state index >= 15 is 0 Å². The number of nitro groups is 1. The predicted octanol–water partition coefficient (Wildman–Crippen LogP) is 3.16. The maximum absolute atomic E-state index is 12.5. The summed E-state index contributed by atoms with van der Waals surface area (Å²) in [5, 5.41) is 23.1. The molecule has 1 fully saturated rings. The molecule has 1 aliphatic heterocycles. The van der Waals surface area contributed by atoms with E-state index in [0.717, 1.165) is 33.1 Å². The molecule has 0 aromatic heterocycles. The van der Waals surface area contributed by atoms with Crippen LogP contribution in [0.5, 0.6) is 5.75 Å². The summed E-state index contributed by atoms with van der Waals surface area (Å²) in [6.45, 7) is 0.0796. The Morgan fingerprint density at radius 1 is 1.19 bits per heavy atom. The van der Waals surface area contributed by atoms with Gasteiger partial charge in [0.25, 0.3) is 11.6 Å². The smallest absolute Gasteiger partial charge is 0.329 e. The molecule has 3 rings (SSSR count). The first kappa shape index (κ1) is 17.6. The van der Waals surface area contributed by atoms with Crippen LogP contribution in [0.4, 0.5) is 10.5 Å². The minimum absolute atomic E-state index is 0.0633. The van der Waals surface area contributed by atoms with Crippen molar-refractivity contribution in [2.45, 2.75) is 6.54 Å². The van der Waals surface area contributed by atoms with Crippen LogP contribution in [0.15, 0.2) is 52.6 Å². The molecule has 0 atom stereocenters. The average molecular weight is 418 g/mol. The van der Waals surface area contributed by atoms with Crippen molar-refractivity contribution in [1.82, 2.24) is 10.2 Å². The lowest BCUT2D eigenvalue weighted by Gasteiger charge is -2.11. The van der Waals surface area contributed by atoms with Crippen molar-refractivity contribution in [3.05, 3.63) is 73.9 Å². The number of hydrogen-bond acceptors (Lipinski definition) is 5. The van der Waals surface area contributed by atoms with E-state index < -0.39 is 16.9 Å². The second-order valence-corrected chi connectivity index (χ2v) is 6.42. The molecule has 0 saturated carbocycles. The molecule has 1 heterocycles. The van der Waals surface area contributed by atoms with Crippen molar-refractivity contribution in [2.75, 3.05) is 0 Å². The van der Waals surface area contributed by atoms with Crippen molar-refractivity contribution >= 4 is 39.6 Å². The number of aromatic hydroxyl groups is 1. The fourth-order valence-electron chi connectivity index (χ4n) is 2.41. The summed E-state index contributed by atoms with van der Waals surface area (Å²) >= 11 is 3.31. The number of imide groups is 1. The molecule has 0 spiro atoms. The van der Waals surface area contributed by atoms with E-state index in [4.69, 9.17) is 0 Å². The Balaban J connectivity index is 1.86. The molecule has 0 aliphatic carbocycles. The third-order valence-electron chi connectivity index (χ3n) is 3.74. The molecule has 26 heavy (non-hydrogen) atoms. The Bertz CT molecular complexity index is 940. The van der Waals surface area contributed by atoms with Crippen molar-refractivity contribution in [3.63, 3.8) is 0 Å². The molecular formula is C17H12BrN3O5. The maximum atomic E-state index is 12.5. The number of benzene rings is 2. The maximum Gasteiger partial charge on any atom is 0.329 e. The Morgan fingerprint density at radius 3 is 2.54 bits per heavy atom. The molecule has 3 amide bonds. The van der Waals surface area contributed by atoms with Crippen LogP contribution in [0.1, 0.15) is 11.1 Å². The molecule has 2 N–H and O–H groups in total. The van der Waals surface area contributed by atoms with E-state index in [0.29, 0.717) is 0 Å². The molecular weight excluding hydrogens is 406 g/mol. The number of amides is 3. The van der Waals surface area contributed by atoms with Crippen molar-refractivity contribution < 1.29 is 19.6 Å². The lowest BCUT2D eigenvalue weighted by Crippen LogP contribution is -2.30. The number of nitro benzene ring substituents is 1. The van der Waals surface area contributed by atoms with Crippen LogP contribution >= 0.6 is 15.9 Å². The van der Waals surface area contributed by atoms with Crippen molar-refractivity contribution in [3.8, 4) is 5.75 Å². The van der Waals surface area contributed by atoms with Crippen molar-refractivity contribution in [1.29, 1.82) is 0 Å². The van der Waals surface area contributed by atoms with E-state index in [1.54, 1.807) is 24.3 Å². The van der Waals surface area contributed by atoms with Gasteiger partial charge >= 0.3 is 6.03 Å². The fourth-order valence-corrected chi connectivity index (χ4v) is 2.68. The highest BCUT2D eigenvalue weighted by atomic mass is 79.9. The first-order chi connectivity index (χ1) is 12.3. The van der Waals surface area contributed by atoms with Gasteiger partial charge in [0.05, 0.1) is 11.5 Å². The zero-order chi connectivity index (χ0) is 18.8. The minimum atomic E-state index is -0.615. The van der Waals surface area contributed by atoms with E-state index in [1.807, 2.05) is 0 Å². The topological polar surface area (TPSA) is 113 Å². The predicted molar refractivity (Wildman–Crippen MR) is 96.0 cm³/mol. The zero-order valence-electron chi connectivity index (χ0n) is 13.2. The van der Waals surface area contributed by atoms with Crippen LogP contribution in [0.25, 0.3) is 6.08 Å². The molecule has 0 radical (unpaired) electrons. The first-order valence-corrected chi connectivity index (χ1v) is 8.21. The second kappa shape index (κ2) is 6.96. The van der Waals surface area contributed by atoms with Crippen molar-refractivity contribution in [2.24, 2.45) is 0 Å². The van der Waals surface area contributed by atoms with E-state index in [1.165, 1.54) is 6.08 Å². The number of halogens is 1. The van der Waals surface area contributed by atoms with Gasteiger partial charge in [0.15, 0.2) is 0 Å². The number of urea groups is 1. The summed E-state index contributed by atoms with van der Waals surface area (Å²) in [4.78, 5) is 35.8. The van der Waals surface area contributed by atoms with Gasteiger partial charge in [0.2, 0.25) is 0 Å². The quantitative estimate of drug-likeness (QED) is 0.343. The van der Waals surface area contributed by atoms with Gasteiger partial charge in [-0.15, -0.1) is 0 Å². The molecule has 1 aliphatic rings. The van der Waals surface area contributed by atoms with Crippen LogP contribution in [-0.4, -0.2) is 26.9 Å². The number of nitrogens with one attached hydrogen (secondary N) is 1. The van der Waals surface area contributed by atoms with E-state index in [9.17, 15) is 24.8 Å². The summed E-state index contributed by atoms with van der Waals surface area (Å²) in [7, 11) is 0. The Morgan fingerprint density at radius 2 is 1.88 bits per heavy atom. The number of carbonyl (C=O) groups is 2. The third-order valence-corrected chi connectivity index (χ3v) is 4.27. The van der Waals surface area contributed by atoms with Gasteiger partial charge in [0.1, 0.15) is 11.4 Å². The highest BCUT2D eigenvalue weighted by Gasteiger charge is 2.33. The van der Waals surface area contributed by atoms with E-state index in [2.05, 4.69) is 21.2 Å². The van der Waals surface area contributed by atoms with Gasteiger partial charge in [-0.25, -0.2) is 4.79 Å². The number of carbonyl (C=O) groups excluding carboxylic acids is 2. The van der Waals surface area contributed by atoms with Crippen LogP contribution in [0.3, 0.4) is 0 Å². The molecule has 0 bridgehead atoms. The normalized spacial score (nSPS) is 15.4. The monoisotopic (exact) mass is 417 g/mol. The van der Waals surface area contributed by atoms with Gasteiger partial charge in [-0.05, 0) is 29.8 Å². The third kappa shape index (κ3) is 3.57. The molecule has 9 heteroatoms. The van der Waals surface area contributed by atoms with Crippen LogP contribution in [0.2, 0.25) is 0 Å². The number of nitrogens with zero attached hydrogens (tertiary/aromatic N) is 2. The molecule has 0 unspecified atom stereocenters. The van der Waals surface area contributed by atoms with Crippen LogP contribution < -0.4 is 5.32 Å². The lowest BCUT2D eigenvalue weighted by molar-refractivity contribution is -0.384. The first-order valence-electron chi connectivity index (χ1n) is 7.41. The zero-order valence-corrected chi connectivity index (χ0v) is 14.8. The van der Waals surface area contributed by atoms with Gasteiger partial charge < -0.3 is 10.4 Å². The number of non-ortho nitro benzene ring substituents is 1. The lowest BCUT2D eigenvalue weighted by atomic mass is 10.1. The Labute approximate surface area is 156 Å². The number of phenols is 1. The van der Waals surface area contributed by atoms with Gasteiger partial charge in [-0.3, -0.25) is 19.8 Å². The minimum Gasteiger partial charge on any atom is -0.507 e. The summed E-state index contributed by atoms with van der Waals surface area (Å²) < 4.78 is 0.875. The van der Waals surface area contributed by atoms with Crippen LogP contribution in [0, 0.1) is 10.1 Å². The molecule has 132 valence electrons. The number of rotatable bonds is 4. The molecule has 2 aromatic carbocycles. The van der Waals surface area contributed by atoms with Gasteiger partial charge in [-0.1, -0.05) is 28.1 Å². The fraction of sp³-hybridized carbons (Fsp3) is 0.0588. The summed E-state index contributed by atoms with van der Waals surface area (Å²) in [5.74, 6) is -0.819. The largest absolute Gasteiger partial charge is 0.507 e. The molecule has 8 nitrogen and oxygen atoms in total. The molecule has 1 saturated heterocycles. The highest BCUT2D eigenvalue weighted by molar-refractivity contribution is 9.10. The Hall–Kier alpha value is -3.20. The summed E-state index contributed by atoms with van der Waals surface area (Å²) in [5.41, 5.74) is 0.519. The second-order valence-electron chi connectivity index (χ2n) is 5.51. The van der Waals surface area contributed by atoms with E-state index in [-0.39, 0.29) is 29.2 Å². The SMILES string of the molecule is O=C1N/C(=C/c2cc([N+](=O)[O-])ccc2O)C(=O)N1Cc1ccc(Br)cc1. The van der Waals surface area contributed by atoms with Crippen LogP contribution in [-0.2, 0) is 11.3 Å². The number of phenolic OH excluding ortho intramolecular Hbond substituents is 1. The Kier molecular flexibility index (Phi) is 4.72.